The van der Waals surface area contributed by atoms with Gasteiger partial charge in [0.2, 0.25) is 0 Å². The van der Waals surface area contributed by atoms with E-state index in [1.165, 1.54) is 11.3 Å². The van der Waals surface area contributed by atoms with Crippen molar-refractivity contribution in [3.8, 4) is 10.7 Å². The molecule has 0 unspecified atom stereocenters. The molecule has 3 heterocycles. The zero-order valence-corrected chi connectivity index (χ0v) is 11.1. The Bertz CT molecular complexity index is 793. The van der Waals surface area contributed by atoms with Crippen molar-refractivity contribution in [1.82, 2.24) is 9.38 Å². The maximum Gasteiger partial charge on any atom is 0.356 e. The number of rotatable bonds is 2. The molecule has 0 fully saturated rings. The largest absolute Gasteiger partial charge is 0.476 e. The summed E-state index contributed by atoms with van der Waals surface area (Å²) in [6.07, 6.45) is 0. The number of carboxylic acid groups (broad SMARTS) is 1. The number of nitrogen functional groups attached to an aromatic ring is 1. The lowest BCUT2D eigenvalue weighted by atomic mass is 10.3. The van der Waals surface area contributed by atoms with Crippen LogP contribution >= 0.6 is 22.9 Å². The topological polar surface area (TPSA) is 80.6 Å². The molecule has 0 atom stereocenters. The Morgan fingerprint density at radius 3 is 2.79 bits per heavy atom. The van der Waals surface area contributed by atoms with E-state index in [0.29, 0.717) is 21.5 Å². The molecule has 0 aliphatic rings. The number of carbonyl (C=O) groups is 1. The molecule has 3 aromatic heterocycles. The highest BCUT2D eigenvalue weighted by Gasteiger charge is 2.19. The lowest BCUT2D eigenvalue weighted by Crippen LogP contribution is -1.99. The number of anilines is 1. The Kier molecular flexibility index (Phi) is 2.69. The Hall–Kier alpha value is -2.05. The first kappa shape index (κ1) is 12.0. The molecular weight excluding hydrogens is 286 g/mol. The third-order valence-electron chi connectivity index (χ3n) is 2.69. The van der Waals surface area contributed by atoms with Gasteiger partial charge in [-0.2, -0.15) is 0 Å². The smallest absolute Gasteiger partial charge is 0.356 e. The normalized spacial score (nSPS) is 11.0. The SMILES string of the molecule is Nc1cccc2c(C(=O)O)nc(-c3ccc(Cl)s3)n12. The van der Waals surface area contributed by atoms with Crippen molar-refractivity contribution in [2.24, 2.45) is 0 Å². The summed E-state index contributed by atoms with van der Waals surface area (Å²) in [6, 6.07) is 8.59. The summed E-state index contributed by atoms with van der Waals surface area (Å²) >= 11 is 7.23. The van der Waals surface area contributed by atoms with Crippen molar-refractivity contribution in [3.63, 3.8) is 0 Å². The molecule has 5 nitrogen and oxygen atoms in total. The maximum atomic E-state index is 11.2. The molecular formula is C12H8ClN3O2S. The summed E-state index contributed by atoms with van der Waals surface area (Å²) < 4.78 is 2.23. The van der Waals surface area contributed by atoms with Gasteiger partial charge in [0.1, 0.15) is 5.82 Å². The highest BCUT2D eigenvalue weighted by atomic mass is 35.5. The van der Waals surface area contributed by atoms with E-state index in [1.807, 2.05) is 0 Å². The van der Waals surface area contributed by atoms with Gasteiger partial charge in [0.25, 0.3) is 0 Å². The number of nitrogens with two attached hydrogens (primary N) is 1. The van der Waals surface area contributed by atoms with Crippen LogP contribution in [-0.2, 0) is 0 Å². The highest BCUT2D eigenvalue weighted by Crippen LogP contribution is 2.32. The van der Waals surface area contributed by atoms with E-state index in [2.05, 4.69) is 4.98 Å². The summed E-state index contributed by atoms with van der Waals surface area (Å²) in [5.74, 6) is -0.170. The average Bonchev–Trinajstić information content (AvgIpc) is 2.93. The lowest BCUT2D eigenvalue weighted by molar-refractivity contribution is 0.0693. The average molecular weight is 294 g/mol. The zero-order chi connectivity index (χ0) is 13.6. The van der Waals surface area contributed by atoms with Gasteiger partial charge in [0.05, 0.1) is 14.7 Å². The Morgan fingerprint density at radius 1 is 1.37 bits per heavy atom. The number of aromatic carboxylic acids is 1. The van der Waals surface area contributed by atoms with Gasteiger partial charge in [-0.1, -0.05) is 17.7 Å². The van der Waals surface area contributed by atoms with E-state index in [4.69, 9.17) is 17.3 Å². The van der Waals surface area contributed by atoms with Crippen LogP contribution in [0.2, 0.25) is 4.34 Å². The minimum absolute atomic E-state index is 0.0215. The Labute approximate surface area is 116 Å². The van der Waals surface area contributed by atoms with Gasteiger partial charge in [-0.15, -0.1) is 11.3 Å². The molecule has 0 aromatic carbocycles. The lowest BCUT2D eigenvalue weighted by Gasteiger charge is -2.02. The number of imidazole rings is 1. The number of aromatic nitrogens is 2. The van der Waals surface area contributed by atoms with Gasteiger partial charge in [0, 0.05) is 0 Å². The summed E-state index contributed by atoms with van der Waals surface area (Å²) in [5, 5.41) is 9.20. The van der Waals surface area contributed by atoms with Crippen LogP contribution in [0.25, 0.3) is 16.2 Å². The summed E-state index contributed by atoms with van der Waals surface area (Å²) in [4.78, 5) is 16.2. The molecule has 0 aliphatic carbocycles. The molecule has 3 rings (SSSR count). The van der Waals surface area contributed by atoms with Crippen LogP contribution in [0.5, 0.6) is 0 Å². The predicted molar refractivity (Wildman–Crippen MR) is 74.9 cm³/mol. The maximum absolute atomic E-state index is 11.2. The van der Waals surface area contributed by atoms with Gasteiger partial charge in [0.15, 0.2) is 11.5 Å². The quantitative estimate of drug-likeness (QED) is 0.761. The number of fused-ring (bicyclic) bond motifs is 1. The second-order valence-corrected chi connectivity index (χ2v) is 5.58. The van der Waals surface area contributed by atoms with Crippen LogP contribution in [-0.4, -0.2) is 20.5 Å². The fraction of sp³-hybridized carbons (Fsp3) is 0. The van der Waals surface area contributed by atoms with Crippen LogP contribution in [0.3, 0.4) is 0 Å². The minimum Gasteiger partial charge on any atom is -0.476 e. The molecule has 0 saturated heterocycles. The summed E-state index contributed by atoms with van der Waals surface area (Å²) in [5.41, 5.74) is 6.36. The zero-order valence-electron chi connectivity index (χ0n) is 9.50. The molecule has 0 bridgehead atoms. The van der Waals surface area contributed by atoms with E-state index >= 15 is 0 Å². The van der Waals surface area contributed by atoms with Crippen molar-refractivity contribution in [2.45, 2.75) is 0 Å². The number of halogens is 1. The number of hydrogen-bond donors (Lipinski definition) is 2. The van der Waals surface area contributed by atoms with E-state index in [9.17, 15) is 9.90 Å². The minimum atomic E-state index is -1.09. The van der Waals surface area contributed by atoms with Crippen LogP contribution in [0.1, 0.15) is 10.5 Å². The Balaban J connectivity index is 2.39. The van der Waals surface area contributed by atoms with Gasteiger partial charge >= 0.3 is 5.97 Å². The van der Waals surface area contributed by atoms with Gasteiger partial charge in [-0.25, -0.2) is 9.78 Å². The molecule has 3 aromatic rings. The third-order valence-corrected chi connectivity index (χ3v) is 3.92. The second-order valence-electron chi connectivity index (χ2n) is 3.86. The number of pyridine rings is 1. The predicted octanol–water partition coefficient (Wildman–Crippen LogP) is 3.00. The molecule has 0 saturated carbocycles. The van der Waals surface area contributed by atoms with E-state index < -0.39 is 5.97 Å². The van der Waals surface area contributed by atoms with Crippen LogP contribution in [0.15, 0.2) is 30.3 Å². The number of hydrogen-bond acceptors (Lipinski definition) is 4. The number of nitrogens with zero attached hydrogens (tertiary/aromatic N) is 2. The standard InChI is InChI=1S/C12H8ClN3O2S/c13-8-5-4-7(19-8)11-15-10(12(17)18)6-2-1-3-9(14)16(6)11/h1-5H,14H2,(H,17,18). The fourth-order valence-electron chi connectivity index (χ4n) is 1.92. The first-order chi connectivity index (χ1) is 9.08. The first-order valence-corrected chi connectivity index (χ1v) is 6.53. The van der Waals surface area contributed by atoms with E-state index in [1.54, 1.807) is 34.7 Å². The monoisotopic (exact) mass is 293 g/mol. The number of thiophene rings is 1. The van der Waals surface area contributed by atoms with Crippen LogP contribution in [0, 0.1) is 0 Å². The number of carboxylic acids is 1. The summed E-state index contributed by atoms with van der Waals surface area (Å²) in [7, 11) is 0. The Morgan fingerprint density at radius 2 is 2.16 bits per heavy atom. The van der Waals surface area contributed by atoms with E-state index in [-0.39, 0.29) is 5.69 Å². The van der Waals surface area contributed by atoms with Crippen molar-refractivity contribution in [3.05, 3.63) is 40.4 Å². The molecule has 0 aliphatic heterocycles. The highest BCUT2D eigenvalue weighted by molar-refractivity contribution is 7.19. The molecule has 0 spiro atoms. The summed E-state index contributed by atoms with van der Waals surface area (Å²) in [6.45, 7) is 0. The van der Waals surface area contributed by atoms with E-state index in [0.717, 1.165) is 4.88 Å². The van der Waals surface area contributed by atoms with Crippen molar-refractivity contribution >= 4 is 40.2 Å². The molecule has 19 heavy (non-hydrogen) atoms. The second kappa shape index (κ2) is 4.25. The third kappa shape index (κ3) is 1.85. The van der Waals surface area contributed by atoms with Crippen molar-refractivity contribution < 1.29 is 9.90 Å². The van der Waals surface area contributed by atoms with Gasteiger partial charge in [-0.3, -0.25) is 4.40 Å². The van der Waals surface area contributed by atoms with Crippen molar-refractivity contribution in [1.29, 1.82) is 0 Å². The first-order valence-electron chi connectivity index (χ1n) is 5.34. The molecule has 3 N–H and O–H groups in total. The van der Waals surface area contributed by atoms with Crippen LogP contribution in [0.4, 0.5) is 5.82 Å². The fourth-order valence-corrected chi connectivity index (χ4v) is 2.94. The van der Waals surface area contributed by atoms with Gasteiger partial charge < -0.3 is 10.8 Å². The van der Waals surface area contributed by atoms with Gasteiger partial charge in [-0.05, 0) is 24.3 Å². The molecule has 0 amide bonds. The molecule has 96 valence electrons. The van der Waals surface area contributed by atoms with Crippen molar-refractivity contribution in [2.75, 3.05) is 5.73 Å². The van der Waals surface area contributed by atoms with Crippen LogP contribution < -0.4 is 5.73 Å². The molecule has 7 heteroatoms. The molecule has 0 radical (unpaired) electrons.